The predicted octanol–water partition coefficient (Wildman–Crippen LogP) is 4.74. The molecule has 1 aliphatic rings. The van der Waals surface area contributed by atoms with Crippen LogP contribution in [0.4, 0.5) is 14.7 Å². The number of hydrogen-bond donors (Lipinski definition) is 0. The minimum atomic E-state index is -0.523. The minimum Gasteiger partial charge on any atom is -0.340 e. The summed E-state index contributed by atoms with van der Waals surface area (Å²) in [6, 6.07) is 9.82. The SMILES string of the molecule is Cc1cc(C)nc(N2CCC[C@H](c3ccc(Cc4c(F)cccc4F)cn3)C2)n1. The van der Waals surface area contributed by atoms with Gasteiger partial charge in [0.2, 0.25) is 5.95 Å². The van der Waals surface area contributed by atoms with Crippen molar-refractivity contribution < 1.29 is 8.78 Å². The van der Waals surface area contributed by atoms with E-state index >= 15 is 0 Å². The third kappa shape index (κ3) is 4.42. The predicted molar refractivity (Wildman–Crippen MR) is 109 cm³/mol. The summed E-state index contributed by atoms with van der Waals surface area (Å²) in [5, 5.41) is 0. The molecule has 1 atom stereocenters. The molecule has 3 aromatic rings. The lowest BCUT2D eigenvalue weighted by atomic mass is 9.94. The van der Waals surface area contributed by atoms with Crippen molar-refractivity contribution in [2.24, 2.45) is 0 Å². The van der Waals surface area contributed by atoms with Gasteiger partial charge in [0.05, 0.1) is 0 Å². The first-order valence-corrected chi connectivity index (χ1v) is 9.94. The Kier molecular flexibility index (Phi) is 5.51. The molecule has 0 amide bonds. The van der Waals surface area contributed by atoms with Crippen LogP contribution in [0.15, 0.2) is 42.6 Å². The Hall–Kier alpha value is -2.89. The molecule has 0 unspecified atom stereocenters. The number of hydrogen-bond acceptors (Lipinski definition) is 4. The van der Waals surface area contributed by atoms with Gasteiger partial charge in [0.1, 0.15) is 11.6 Å². The first-order valence-electron chi connectivity index (χ1n) is 9.94. The highest BCUT2D eigenvalue weighted by atomic mass is 19.1. The summed E-state index contributed by atoms with van der Waals surface area (Å²) in [6.45, 7) is 5.72. The van der Waals surface area contributed by atoms with E-state index in [1.807, 2.05) is 32.0 Å². The maximum atomic E-state index is 13.9. The molecular weight excluding hydrogens is 370 g/mol. The van der Waals surface area contributed by atoms with E-state index in [1.54, 1.807) is 6.20 Å². The lowest BCUT2D eigenvalue weighted by Gasteiger charge is -2.32. The van der Waals surface area contributed by atoms with Gasteiger partial charge in [0, 0.05) is 54.3 Å². The van der Waals surface area contributed by atoms with Crippen LogP contribution in [0.2, 0.25) is 0 Å². The fraction of sp³-hybridized carbons (Fsp3) is 0.348. The molecule has 6 heteroatoms. The maximum Gasteiger partial charge on any atom is 0.225 e. The van der Waals surface area contributed by atoms with Gasteiger partial charge in [0.25, 0.3) is 0 Å². The smallest absolute Gasteiger partial charge is 0.225 e. The monoisotopic (exact) mass is 394 g/mol. The molecule has 0 radical (unpaired) electrons. The maximum absolute atomic E-state index is 13.9. The Labute approximate surface area is 169 Å². The van der Waals surface area contributed by atoms with Crippen molar-refractivity contribution in [3.05, 3.63) is 82.4 Å². The highest BCUT2D eigenvalue weighted by molar-refractivity contribution is 5.35. The fourth-order valence-electron chi connectivity index (χ4n) is 3.94. The van der Waals surface area contributed by atoms with Crippen LogP contribution in [0.1, 0.15) is 47.0 Å². The molecule has 1 aliphatic heterocycles. The Morgan fingerprint density at radius 3 is 2.41 bits per heavy atom. The number of halogens is 2. The molecule has 0 spiro atoms. The summed E-state index contributed by atoms with van der Waals surface area (Å²) >= 11 is 0. The number of aryl methyl sites for hydroxylation is 2. The lowest BCUT2D eigenvalue weighted by molar-refractivity contribution is 0.494. The Morgan fingerprint density at radius 1 is 1.03 bits per heavy atom. The third-order valence-corrected chi connectivity index (χ3v) is 5.38. The molecule has 150 valence electrons. The second-order valence-electron chi connectivity index (χ2n) is 7.70. The summed E-state index contributed by atoms with van der Waals surface area (Å²) < 4.78 is 27.8. The number of anilines is 1. The lowest BCUT2D eigenvalue weighted by Crippen LogP contribution is -2.36. The normalized spacial score (nSPS) is 16.8. The van der Waals surface area contributed by atoms with Gasteiger partial charge in [-0.25, -0.2) is 18.7 Å². The van der Waals surface area contributed by atoms with Crippen LogP contribution in [0.5, 0.6) is 0 Å². The Bertz CT molecular complexity index is 964. The molecule has 4 nitrogen and oxygen atoms in total. The molecule has 0 aliphatic carbocycles. The van der Waals surface area contributed by atoms with Crippen LogP contribution in [-0.2, 0) is 6.42 Å². The standard InChI is InChI=1S/C23H24F2N4/c1-15-11-16(2)28-23(27-15)29-10-4-5-18(14-29)22-9-8-17(13-26-22)12-19-20(24)6-3-7-21(19)25/h3,6-9,11,13,18H,4-5,10,12,14H2,1-2H3/t18-/m0/s1. The highest BCUT2D eigenvalue weighted by Crippen LogP contribution is 2.28. The van der Waals surface area contributed by atoms with Gasteiger partial charge in [-0.3, -0.25) is 4.98 Å². The van der Waals surface area contributed by atoms with Crippen molar-refractivity contribution in [1.82, 2.24) is 15.0 Å². The summed E-state index contributed by atoms with van der Waals surface area (Å²) in [5.74, 6) is 0.0159. The van der Waals surface area contributed by atoms with Gasteiger partial charge in [-0.2, -0.15) is 0 Å². The van der Waals surface area contributed by atoms with Crippen molar-refractivity contribution in [3.8, 4) is 0 Å². The Balaban J connectivity index is 1.48. The zero-order chi connectivity index (χ0) is 20.4. The second kappa shape index (κ2) is 8.23. The van der Waals surface area contributed by atoms with E-state index in [0.717, 1.165) is 54.5 Å². The van der Waals surface area contributed by atoms with Crippen LogP contribution >= 0.6 is 0 Å². The molecule has 0 bridgehead atoms. The largest absolute Gasteiger partial charge is 0.340 e. The summed E-state index contributed by atoms with van der Waals surface area (Å²) in [7, 11) is 0. The Morgan fingerprint density at radius 2 is 1.76 bits per heavy atom. The van der Waals surface area contributed by atoms with Gasteiger partial charge in [-0.15, -0.1) is 0 Å². The van der Waals surface area contributed by atoms with Gasteiger partial charge in [0.15, 0.2) is 0 Å². The average Bonchev–Trinajstić information content (AvgIpc) is 2.71. The number of pyridine rings is 1. The fourth-order valence-corrected chi connectivity index (χ4v) is 3.94. The van der Waals surface area contributed by atoms with Crippen LogP contribution in [0.3, 0.4) is 0 Å². The summed E-state index contributed by atoms with van der Waals surface area (Å²) in [4.78, 5) is 16.0. The number of aromatic nitrogens is 3. The van der Waals surface area contributed by atoms with E-state index in [0.29, 0.717) is 0 Å². The molecule has 4 rings (SSSR count). The van der Waals surface area contributed by atoms with Crippen molar-refractivity contribution in [3.63, 3.8) is 0 Å². The molecule has 0 saturated carbocycles. The second-order valence-corrected chi connectivity index (χ2v) is 7.70. The van der Waals surface area contributed by atoms with Crippen LogP contribution in [-0.4, -0.2) is 28.0 Å². The topological polar surface area (TPSA) is 41.9 Å². The molecular formula is C23H24F2N4. The zero-order valence-corrected chi connectivity index (χ0v) is 16.7. The molecule has 1 saturated heterocycles. The average molecular weight is 394 g/mol. The van der Waals surface area contributed by atoms with E-state index in [4.69, 9.17) is 0 Å². The number of nitrogens with zero attached hydrogens (tertiary/aromatic N) is 4. The van der Waals surface area contributed by atoms with Crippen molar-refractivity contribution in [2.45, 2.75) is 39.0 Å². The number of rotatable bonds is 4. The van der Waals surface area contributed by atoms with E-state index in [1.165, 1.54) is 18.2 Å². The van der Waals surface area contributed by atoms with Gasteiger partial charge < -0.3 is 4.90 Å². The van der Waals surface area contributed by atoms with Gasteiger partial charge in [-0.05, 0) is 56.5 Å². The number of piperidine rings is 1. The first kappa shape index (κ1) is 19.4. The quantitative estimate of drug-likeness (QED) is 0.641. The van der Waals surface area contributed by atoms with Crippen molar-refractivity contribution >= 4 is 5.95 Å². The van der Waals surface area contributed by atoms with Gasteiger partial charge >= 0.3 is 0 Å². The highest BCUT2D eigenvalue weighted by Gasteiger charge is 2.24. The van der Waals surface area contributed by atoms with Crippen molar-refractivity contribution in [1.29, 1.82) is 0 Å². The molecule has 2 aromatic heterocycles. The van der Waals surface area contributed by atoms with Crippen LogP contribution < -0.4 is 4.90 Å². The van der Waals surface area contributed by atoms with Crippen LogP contribution in [0.25, 0.3) is 0 Å². The third-order valence-electron chi connectivity index (χ3n) is 5.38. The minimum absolute atomic E-state index is 0.0813. The van der Waals surface area contributed by atoms with E-state index in [-0.39, 0.29) is 17.9 Å². The molecule has 29 heavy (non-hydrogen) atoms. The summed E-state index contributed by atoms with van der Waals surface area (Å²) in [6.07, 6.45) is 4.02. The molecule has 0 N–H and O–H groups in total. The molecule has 1 aromatic carbocycles. The first-order chi connectivity index (χ1) is 14.0. The summed E-state index contributed by atoms with van der Waals surface area (Å²) in [5.41, 5.74) is 3.81. The van der Waals surface area contributed by atoms with Crippen LogP contribution in [0, 0.1) is 25.5 Å². The molecule has 1 fully saturated rings. The number of benzene rings is 1. The van der Waals surface area contributed by atoms with E-state index in [9.17, 15) is 8.78 Å². The van der Waals surface area contributed by atoms with Crippen molar-refractivity contribution in [2.75, 3.05) is 18.0 Å². The van der Waals surface area contributed by atoms with Gasteiger partial charge in [-0.1, -0.05) is 12.1 Å². The van der Waals surface area contributed by atoms with E-state index in [2.05, 4.69) is 19.9 Å². The molecule has 3 heterocycles. The zero-order valence-electron chi connectivity index (χ0n) is 16.7. The van der Waals surface area contributed by atoms with E-state index < -0.39 is 11.6 Å².